The Bertz CT molecular complexity index is 523. The molecule has 1 saturated heterocycles. The Morgan fingerprint density at radius 2 is 2.15 bits per heavy atom. The molecule has 1 amide bonds. The molecule has 1 aromatic rings. The summed E-state index contributed by atoms with van der Waals surface area (Å²) in [5.74, 6) is -0.288. The van der Waals surface area contributed by atoms with Gasteiger partial charge in [-0.1, -0.05) is 35.5 Å². The van der Waals surface area contributed by atoms with Crippen molar-refractivity contribution in [2.45, 2.75) is 24.6 Å². The van der Waals surface area contributed by atoms with Crippen LogP contribution in [0, 0.1) is 0 Å². The van der Waals surface area contributed by atoms with Gasteiger partial charge in [0.25, 0.3) is 0 Å². The number of alkyl halides is 1. The molecule has 2 rings (SSSR count). The number of benzene rings is 1. The summed E-state index contributed by atoms with van der Waals surface area (Å²) < 4.78 is 13.7. The normalized spacial score (nSPS) is 26.8. The van der Waals surface area contributed by atoms with Gasteiger partial charge in [0.15, 0.2) is 5.84 Å². The van der Waals surface area contributed by atoms with Crippen LogP contribution in [0.15, 0.2) is 35.5 Å². The summed E-state index contributed by atoms with van der Waals surface area (Å²) in [5.41, 5.74) is 5.13. The maximum atomic E-state index is 13.7. The zero-order valence-electron chi connectivity index (χ0n) is 10.7. The van der Waals surface area contributed by atoms with Gasteiger partial charge < -0.3 is 16.0 Å². The second-order valence-electron chi connectivity index (χ2n) is 4.87. The van der Waals surface area contributed by atoms with Crippen LogP contribution in [0.5, 0.6) is 0 Å². The number of carboxylic acid groups (broad SMARTS) is 1. The highest BCUT2D eigenvalue weighted by Gasteiger charge is 2.52. The van der Waals surface area contributed by atoms with E-state index in [2.05, 4.69) is 5.16 Å². The molecule has 0 unspecified atom stereocenters. The molecule has 7 heteroatoms. The highest BCUT2D eigenvalue weighted by molar-refractivity contribution is 5.93. The zero-order valence-corrected chi connectivity index (χ0v) is 10.7. The maximum Gasteiger partial charge on any atom is 0.408 e. The topological polar surface area (TPSA) is 99.2 Å². The molecule has 6 nitrogen and oxygen atoms in total. The van der Waals surface area contributed by atoms with E-state index < -0.39 is 17.8 Å². The van der Waals surface area contributed by atoms with E-state index in [-0.39, 0.29) is 25.2 Å². The molecular weight excluding hydrogens is 265 g/mol. The third kappa shape index (κ3) is 2.38. The Morgan fingerprint density at radius 1 is 1.50 bits per heavy atom. The number of amidine groups is 1. The summed E-state index contributed by atoms with van der Waals surface area (Å²) in [6, 6.07) is 8.99. The maximum absolute atomic E-state index is 13.7. The monoisotopic (exact) mass is 281 g/mol. The highest BCUT2D eigenvalue weighted by atomic mass is 19.1. The minimum Gasteiger partial charge on any atom is -0.465 e. The van der Waals surface area contributed by atoms with E-state index in [1.807, 2.05) is 6.07 Å². The molecule has 108 valence electrons. The first-order valence-electron chi connectivity index (χ1n) is 6.16. The first kappa shape index (κ1) is 14.1. The van der Waals surface area contributed by atoms with Crippen molar-refractivity contribution < 1.29 is 19.5 Å². The molecule has 0 spiro atoms. The molecule has 1 fully saturated rings. The van der Waals surface area contributed by atoms with Crippen molar-refractivity contribution in [3.63, 3.8) is 0 Å². The smallest absolute Gasteiger partial charge is 0.408 e. The van der Waals surface area contributed by atoms with Gasteiger partial charge in [0, 0.05) is 12.8 Å². The average molecular weight is 281 g/mol. The summed E-state index contributed by atoms with van der Waals surface area (Å²) in [4.78, 5) is 12.3. The van der Waals surface area contributed by atoms with E-state index in [0.29, 0.717) is 0 Å². The van der Waals surface area contributed by atoms with Gasteiger partial charge >= 0.3 is 6.09 Å². The number of carbonyl (C=O) groups is 1. The lowest BCUT2D eigenvalue weighted by Gasteiger charge is -2.35. The van der Waals surface area contributed by atoms with Crippen LogP contribution in [0.1, 0.15) is 12.0 Å². The molecule has 0 aliphatic carbocycles. The Balaban J connectivity index is 2.43. The van der Waals surface area contributed by atoms with Crippen LogP contribution in [0.4, 0.5) is 9.18 Å². The van der Waals surface area contributed by atoms with E-state index in [1.54, 1.807) is 24.3 Å². The molecule has 0 aromatic heterocycles. The lowest BCUT2D eigenvalue weighted by Crippen LogP contribution is -2.57. The third-order valence-electron chi connectivity index (χ3n) is 3.61. The van der Waals surface area contributed by atoms with E-state index in [1.165, 1.54) is 0 Å². The van der Waals surface area contributed by atoms with Crippen LogP contribution in [0.2, 0.25) is 0 Å². The standard InChI is InChI=1S/C13H16FN3O3/c14-10-7-13(11(15)16-20,17(8-10)12(18)19)6-9-4-2-1-3-5-9/h1-5,10,20H,6-8H2,(H2,15,16)(H,18,19)/t10-,13-/m0/s1. The van der Waals surface area contributed by atoms with E-state index in [4.69, 9.17) is 10.9 Å². The summed E-state index contributed by atoms with van der Waals surface area (Å²) in [7, 11) is 0. The lowest BCUT2D eigenvalue weighted by atomic mass is 9.86. The van der Waals surface area contributed by atoms with Gasteiger partial charge in [-0.25, -0.2) is 9.18 Å². The van der Waals surface area contributed by atoms with E-state index in [0.717, 1.165) is 10.5 Å². The molecule has 0 saturated carbocycles. The van der Waals surface area contributed by atoms with Crippen molar-refractivity contribution in [1.82, 2.24) is 4.90 Å². The Morgan fingerprint density at radius 3 is 2.70 bits per heavy atom. The quantitative estimate of drug-likeness (QED) is 0.338. The van der Waals surface area contributed by atoms with Crippen LogP contribution in [0.25, 0.3) is 0 Å². The summed E-state index contributed by atoms with van der Waals surface area (Å²) in [6.45, 7) is -0.279. The van der Waals surface area contributed by atoms with Gasteiger partial charge in [-0.15, -0.1) is 0 Å². The highest BCUT2D eigenvalue weighted by Crippen LogP contribution is 2.34. The van der Waals surface area contributed by atoms with E-state index >= 15 is 0 Å². The number of halogens is 1. The van der Waals surface area contributed by atoms with Gasteiger partial charge in [0.2, 0.25) is 0 Å². The second kappa shape index (κ2) is 5.36. The van der Waals surface area contributed by atoms with Crippen LogP contribution in [0.3, 0.4) is 0 Å². The minimum absolute atomic E-state index is 0.121. The second-order valence-corrected chi connectivity index (χ2v) is 4.87. The molecule has 1 aliphatic heterocycles. The fraction of sp³-hybridized carbons (Fsp3) is 0.385. The van der Waals surface area contributed by atoms with Gasteiger partial charge in [-0.2, -0.15) is 0 Å². The molecule has 1 aromatic carbocycles. The Labute approximate surface area is 115 Å². The van der Waals surface area contributed by atoms with Crippen molar-refractivity contribution in [2.75, 3.05) is 6.54 Å². The lowest BCUT2D eigenvalue weighted by molar-refractivity contribution is 0.123. The van der Waals surface area contributed by atoms with Gasteiger partial charge in [0.05, 0.1) is 6.54 Å². The SMILES string of the molecule is NC(=NO)[C@]1(Cc2ccccc2)C[C@H](F)CN1C(=O)O. The van der Waals surface area contributed by atoms with Crippen LogP contribution < -0.4 is 5.73 Å². The first-order chi connectivity index (χ1) is 9.49. The molecule has 1 heterocycles. The predicted molar refractivity (Wildman–Crippen MR) is 70.5 cm³/mol. The summed E-state index contributed by atoms with van der Waals surface area (Å²) in [5, 5.41) is 21.1. The fourth-order valence-electron chi connectivity index (χ4n) is 2.70. The first-order valence-corrected chi connectivity index (χ1v) is 6.16. The number of oxime groups is 1. The number of nitrogens with two attached hydrogens (primary N) is 1. The van der Waals surface area contributed by atoms with Crippen molar-refractivity contribution in [3.8, 4) is 0 Å². The van der Waals surface area contributed by atoms with Gasteiger partial charge in [-0.05, 0) is 5.56 Å². The minimum atomic E-state index is -1.35. The molecule has 1 aliphatic rings. The summed E-state index contributed by atoms with van der Waals surface area (Å²) >= 11 is 0. The Hall–Kier alpha value is -2.31. The van der Waals surface area contributed by atoms with Crippen LogP contribution in [-0.2, 0) is 6.42 Å². The number of hydrogen-bond donors (Lipinski definition) is 3. The Kier molecular flexibility index (Phi) is 3.78. The van der Waals surface area contributed by atoms with Crippen molar-refractivity contribution in [1.29, 1.82) is 0 Å². The summed E-state index contributed by atoms with van der Waals surface area (Å²) in [6.07, 6.45) is -2.58. The fourth-order valence-corrected chi connectivity index (χ4v) is 2.70. The number of hydrogen-bond acceptors (Lipinski definition) is 3. The van der Waals surface area contributed by atoms with Crippen molar-refractivity contribution in [3.05, 3.63) is 35.9 Å². The number of rotatable bonds is 3. The average Bonchev–Trinajstić information content (AvgIpc) is 2.77. The number of likely N-dealkylation sites (tertiary alicyclic amines) is 1. The van der Waals surface area contributed by atoms with Crippen LogP contribution in [-0.4, -0.2) is 45.4 Å². The van der Waals surface area contributed by atoms with Crippen molar-refractivity contribution in [2.24, 2.45) is 10.9 Å². The predicted octanol–water partition coefficient (Wildman–Crippen LogP) is 1.44. The third-order valence-corrected chi connectivity index (χ3v) is 3.61. The molecule has 0 bridgehead atoms. The van der Waals surface area contributed by atoms with Gasteiger partial charge in [-0.3, -0.25) is 4.90 Å². The molecular formula is C13H16FN3O3. The molecule has 0 radical (unpaired) electrons. The number of nitrogens with zero attached hydrogens (tertiary/aromatic N) is 2. The van der Waals surface area contributed by atoms with Crippen LogP contribution >= 0.6 is 0 Å². The molecule has 2 atom stereocenters. The van der Waals surface area contributed by atoms with E-state index in [9.17, 15) is 14.3 Å². The molecule has 20 heavy (non-hydrogen) atoms. The number of amides is 1. The molecule has 4 N–H and O–H groups in total. The van der Waals surface area contributed by atoms with Crippen molar-refractivity contribution >= 4 is 11.9 Å². The largest absolute Gasteiger partial charge is 0.465 e. The zero-order chi connectivity index (χ0) is 14.8. The van der Waals surface area contributed by atoms with Gasteiger partial charge in [0.1, 0.15) is 11.7 Å².